The van der Waals surface area contributed by atoms with Gasteiger partial charge in [-0.05, 0) is 0 Å². The van der Waals surface area contributed by atoms with Crippen LogP contribution < -0.4 is 0 Å². The van der Waals surface area contributed by atoms with Crippen LogP contribution >= 0.6 is 42.4 Å². The first-order valence-electron chi connectivity index (χ1n) is 0.938. The summed E-state index contributed by atoms with van der Waals surface area (Å²) >= 11 is 4.51. The van der Waals surface area contributed by atoms with E-state index in [9.17, 15) is 0 Å². The van der Waals surface area contributed by atoms with Gasteiger partial charge in [0.25, 0.3) is 0 Å². The largest absolute Gasteiger partial charge is 0.248 e. The van der Waals surface area contributed by atoms with Crippen LogP contribution in [0.4, 0.5) is 0 Å². The topological polar surface area (TPSA) is 12.4 Å². The molecule has 0 aliphatic rings. The van der Waals surface area contributed by atoms with Crippen molar-refractivity contribution >= 4 is 47.4 Å². The fraction of sp³-hybridized carbons (Fsp3) is 1.00. The zero-order chi connectivity index (χ0) is 4.28. The third-order valence-corrected chi connectivity index (χ3v) is 2.78. The number of rotatable bonds is 0. The van der Waals surface area contributed by atoms with Crippen molar-refractivity contribution in [2.75, 3.05) is 7.05 Å². The number of halogens is 2. The average molecular weight is 315 g/mol. The highest BCUT2D eigenvalue weighted by atomic mass is 127. The zero-order valence-corrected chi connectivity index (χ0v) is 7.74. The van der Waals surface area contributed by atoms with E-state index in [4.69, 9.17) is 0 Å². The lowest BCUT2D eigenvalue weighted by Crippen LogP contribution is -1.45. The van der Waals surface area contributed by atoms with Gasteiger partial charge in [-0.3, -0.25) is 0 Å². The first-order valence-corrected chi connectivity index (χ1v) is 7.21. The van der Waals surface area contributed by atoms with E-state index in [1.54, 1.807) is 0 Å². The van der Waals surface area contributed by atoms with Crippen LogP contribution in [0.1, 0.15) is 0 Å². The van der Waals surface area contributed by atoms with E-state index in [1.165, 1.54) is 0 Å². The summed E-state index contributed by atoms with van der Waals surface area (Å²) in [6.45, 7) is 0. The Balaban J connectivity index is 3.14. The molecule has 32 valence electrons. The van der Waals surface area contributed by atoms with Gasteiger partial charge in [0.1, 0.15) is 0 Å². The standard InChI is InChI=1S/CH3I2NS/c1-4-5(2)3/h1H3. The lowest BCUT2D eigenvalue weighted by atomic mass is 11.6. The van der Waals surface area contributed by atoms with Crippen LogP contribution in [-0.4, -0.2) is 7.05 Å². The molecule has 0 aromatic carbocycles. The molecule has 0 saturated carbocycles. The molecule has 0 heterocycles. The molecule has 0 aliphatic carbocycles. The van der Waals surface area contributed by atoms with Gasteiger partial charge in [-0.15, -0.1) is 0 Å². The Labute approximate surface area is 58.2 Å². The molecule has 0 saturated heterocycles. The van der Waals surface area contributed by atoms with Gasteiger partial charge in [0.2, 0.25) is 0 Å². The van der Waals surface area contributed by atoms with Gasteiger partial charge < -0.3 is 0 Å². The van der Waals surface area contributed by atoms with E-state index in [1.807, 2.05) is 7.05 Å². The van der Waals surface area contributed by atoms with Crippen molar-refractivity contribution in [1.82, 2.24) is 0 Å². The summed E-state index contributed by atoms with van der Waals surface area (Å²) in [6.07, 6.45) is 0. The zero-order valence-electron chi connectivity index (χ0n) is 2.61. The second-order valence-corrected chi connectivity index (χ2v) is 11.2. The van der Waals surface area contributed by atoms with E-state index in [-0.39, 0.29) is 5.03 Å². The molecule has 0 fully saturated rings. The second kappa shape index (κ2) is 3.79. The maximum absolute atomic E-state index is 3.89. The molecule has 1 nitrogen and oxygen atoms in total. The predicted octanol–water partition coefficient (Wildman–Crippen LogP) is 2.12. The number of nitrogens with zero attached hydrogens (tertiary/aromatic N) is 1. The van der Waals surface area contributed by atoms with Crippen LogP contribution in [0.5, 0.6) is 0 Å². The third kappa shape index (κ3) is 5.61. The molecular weight excluding hydrogens is 312 g/mol. The number of hydrogen-bond acceptors (Lipinski definition) is 1. The molecule has 0 unspecified atom stereocenters. The molecule has 0 aromatic rings. The highest BCUT2D eigenvalue weighted by Crippen LogP contribution is 2.06. The van der Waals surface area contributed by atoms with E-state index >= 15 is 0 Å². The normalized spacial score (nSPS) is 8.80. The fourth-order valence-corrected chi connectivity index (χ4v) is 0. The van der Waals surface area contributed by atoms with Gasteiger partial charge in [0.05, 0.1) is 0 Å². The minimum atomic E-state index is 0.242. The molecule has 5 heavy (non-hydrogen) atoms. The minimum absolute atomic E-state index is 0.242. The SMILES string of the molecule is CN=S(I)I. The highest BCUT2D eigenvalue weighted by Gasteiger charge is 1.65. The minimum Gasteiger partial charge on any atom is -0.248 e. The van der Waals surface area contributed by atoms with Gasteiger partial charge in [-0.2, -0.15) is 0 Å². The van der Waals surface area contributed by atoms with Crippen molar-refractivity contribution < 1.29 is 0 Å². The van der Waals surface area contributed by atoms with Crippen LogP contribution in [-0.2, 0) is 5.03 Å². The Bertz CT molecular complexity index is 47.6. The Morgan fingerprint density at radius 2 is 1.80 bits per heavy atom. The lowest BCUT2D eigenvalue weighted by molar-refractivity contribution is 1.53. The van der Waals surface area contributed by atoms with E-state index in [2.05, 4.69) is 46.8 Å². The smallest absolute Gasteiger partial charge is 0.0363 e. The summed E-state index contributed by atoms with van der Waals surface area (Å²) in [5, 5.41) is 0.242. The molecule has 4 heteroatoms. The maximum Gasteiger partial charge on any atom is 0.0363 e. The summed E-state index contributed by atoms with van der Waals surface area (Å²) in [7, 11) is 1.82. The summed E-state index contributed by atoms with van der Waals surface area (Å²) in [6, 6.07) is 0. The molecule has 0 atom stereocenters. The molecule has 0 amide bonds. The van der Waals surface area contributed by atoms with Crippen LogP contribution in [0.3, 0.4) is 0 Å². The lowest BCUT2D eigenvalue weighted by Gasteiger charge is -1.70. The fourth-order valence-electron chi connectivity index (χ4n) is 0. The van der Waals surface area contributed by atoms with Crippen molar-refractivity contribution in [1.29, 1.82) is 0 Å². The van der Waals surface area contributed by atoms with Crippen molar-refractivity contribution in [3.05, 3.63) is 0 Å². The van der Waals surface area contributed by atoms with Gasteiger partial charge in [-0.25, -0.2) is 4.36 Å². The van der Waals surface area contributed by atoms with Crippen molar-refractivity contribution in [3.8, 4) is 0 Å². The molecule has 0 aliphatic heterocycles. The second-order valence-electron chi connectivity index (χ2n) is 0.379. The number of hydrogen-bond donors (Lipinski definition) is 0. The van der Waals surface area contributed by atoms with Gasteiger partial charge in [0, 0.05) is 54.5 Å². The first-order chi connectivity index (χ1) is 2.27. The molecule has 0 N–H and O–H groups in total. The summed E-state index contributed by atoms with van der Waals surface area (Å²) in [4.78, 5) is 0. The highest BCUT2D eigenvalue weighted by molar-refractivity contribution is 14.3. The van der Waals surface area contributed by atoms with Crippen LogP contribution in [0.2, 0.25) is 0 Å². The Morgan fingerprint density at radius 3 is 1.80 bits per heavy atom. The van der Waals surface area contributed by atoms with Gasteiger partial charge in [0.15, 0.2) is 0 Å². The molecule has 0 aromatic heterocycles. The maximum atomic E-state index is 3.89. The summed E-state index contributed by atoms with van der Waals surface area (Å²) in [5.74, 6) is 0. The van der Waals surface area contributed by atoms with Crippen LogP contribution in [0.25, 0.3) is 0 Å². The molecular formula is CH3I2NS. The van der Waals surface area contributed by atoms with Crippen LogP contribution in [0.15, 0.2) is 4.36 Å². The Hall–Kier alpha value is 1.61. The predicted molar refractivity (Wildman–Crippen MR) is 43.8 cm³/mol. The Morgan fingerprint density at radius 1 is 1.60 bits per heavy atom. The monoisotopic (exact) mass is 315 g/mol. The van der Waals surface area contributed by atoms with Crippen molar-refractivity contribution in [2.45, 2.75) is 0 Å². The van der Waals surface area contributed by atoms with E-state index < -0.39 is 0 Å². The molecule has 0 radical (unpaired) electrons. The van der Waals surface area contributed by atoms with Crippen LogP contribution in [0, 0.1) is 0 Å². The molecule has 0 rings (SSSR count). The van der Waals surface area contributed by atoms with E-state index in [0.29, 0.717) is 0 Å². The molecule has 0 bridgehead atoms. The Kier molecular flexibility index (Phi) is 5.01. The summed E-state index contributed by atoms with van der Waals surface area (Å²) in [5.41, 5.74) is 0. The average Bonchev–Trinajstić information content (AvgIpc) is 1.38. The van der Waals surface area contributed by atoms with Gasteiger partial charge >= 0.3 is 0 Å². The van der Waals surface area contributed by atoms with Crippen molar-refractivity contribution in [3.63, 3.8) is 0 Å². The quantitative estimate of drug-likeness (QED) is 0.607. The summed E-state index contributed by atoms with van der Waals surface area (Å²) < 4.78 is 3.89. The van der Waals surface area contributed by atoms with E-state index in [0.717, 1.165) is 0 Å². The van der Waals surface area contributed by atoms with Gasteiger partial charge in [-0.1, -0.05) is 0 Å². The van der Waals surface area contributed by atoms with Crippen molar-refractivity contribution in [2.24, 2.45) is 4.36 Å². The molecule has 0 spiro atoms. The third-order valence-electron chi connectivity index (χ3n) is 0.138. The first kappa shape index (κ1) is 6.61.